The van der Waals surface area contributed by atoms with Gasteiger partial charge < -0.3 is 27.0 Å². The van der Waals surface area contributed by atoms with E-state index in [0.29, 0.717) is 15.8 Å². The molecular formula is C20H20ClN5O3. The van der Waals surface area contributed by atoms with E-state index < -0.39 is 18.2 Å². The van der Waals surface area contributed by atoms with Crippen LogP contribution in [0.4, 0.5) is 5.82 Å². The van der Waals surface area contributed by atoms with Crippen molar-refractivity contribution in [2.24, 2.45) is 16.5 Å². The summed E-state index contributed by atoms with van der Waals surface area (Å²) in [4.78, 5) is 20.8. The molecule has 150 valence electrons. The molecule has 3 aromatic rings. The summed E-state index contributed by atoms with van der Waals surface area (Å²) in [5.41, 5.74) is 12.0. The van der Waals surface area contributed by atoms with E-state index in [1.165, 1.54) is 6.20 Å². The third-order valence-corrected chi connectivity index (χ3v) is 4.59. The Balaban J connectivity index is 1.90. The quantitative estimate of drug-likeness (QED) is 0.235. The van der Waals surface area contributed by atoms with E-state index in [-0.39, 0.29) is 23.8 Å². The Labute approximate surface area is 171 Å². The van der Waals surface area contributed by atoms with Gasteiger partial charge in [-0.15, -0.1) is 0 Å². The number of rotatable bonds is 6. The Morgan fingerprint density at radius 2 is 1.86 bits per heavy atom. The van der Waals surface area contributed by atoms with Crippen LogP contribution in [0.15, 0.2) is 59.7 Å². The molecule has 8 nitrogen and oxygen atoms in total. The fourth-order valence-electron chi connectivity index (χ4n) is 2.90. The number of aromatic nitrogens is 1. The first-order valence-corrected chi connectivity index (χ1v) is 9.12. The first-order chi connectivity index (χ1) is 13.8. The van der Waals surface area contributed by atoms with Gasteiger partial charge in [0, 0.05) is 22.5 Å². The van der Waals surface area contributed by atoms with Crippen molar-refractivity contribution in [2.75, 3.05) is 0 Å². The standard InChI is InChI=1S/C20H20ClN5O3/c21-15-10-24-17(26-20(22)23)14-9-12(6-7-13(14)15)18(27)25-16(19(28)29)8-11-4-2-1-3-5-11/h1-7,9-10,16,19,28-29H,8H2,(H,25,27)(H4,22,23,24,26). The number of amides is 1. The number of halogens is 1. The molecule has 3 rings (SSSR count). The van der Waals surface area contributed by atoms with Gasteiger partial charge >= 0.3 is 0 Å². The highest BCUT2D eigenvalue weighted by Crippen LogP contribution is 2.30. The van der Waals surface area contributed by atoms with Gasteiger partial charge in [0.1, 0.15) is 0 Å². The van der Waals surface area contributed by atoms with Crippen molar-refractivity contribution in [3.8, 4) is 0 Å². The normalized spacial score (nSPS) is 12.0. The summed E-state index contributed by atoms with van der Waals surface area (Å²) >= 11 is 6.17. The maximum Gasteiger partial charge on any atom is 0.251 e. The zero-order valence-corrected chi connectivity index (χ0v) is 16.0. The third-order valence-electron chi connectivity index (χ3n) is 4.29. The average Bonchev–Trinajstić information content (AvgIpc) is 2.69. The number of carbonyl (C=O) groups excluding carboxylic acids is 1. The van der Waals surface area contributed by atoms with Crippen molar-refractivity contribution >= 4 is 40.1 Å². The molecule has 2 aromatic carbocycles. The lowest BCUT2D eigenvalue weighted by atomic mass is 10.0. The predicted molar refractivity (Wildman–Crippen MR) is 112 cm³/mol. The van der Waals surface area contributed by atoms with Gasteiger partial charge in [0.25, 0.3) is 5.91 Å². The van der Waals surface area contributed by atoms with Gasteiger partial charge in [0.15, 0.2) is 18.1 Å². The number of hydrogen-bond acceptors (Lipinski definition) is 5. The Morgan fingerprint density at radius 3 is 2.52 bits per heavy atom. The second-order valence-electron chi connectivity index (χ2n) is 6.41. The molecule has 0 radical (unpaired) electrons. The summed E-state index contributed by atoms with van der Waals surface area (Å²) in [6, 6.07) is 13.1. The topological polar surface area (TPSA) is 147 Å². The van der Waals surface area contributed by atoms with Crippen molar-refractivity contribution in [3.63, 3.8) is 0 Å². The van der Waals surface area contributed by atoms with Gasteiger partial charge in [-0.3, -0.25) is 4.79 Å². The van der Waals surface area contributed by atoms with E-state index in [2.05, 4.69) is 15.3 Å². The first kappa shape index (κ1) is 20.5. The van der Waals surface area contributed by atoms with Crippen LogP contribution in [0.5, 0.6) is 0 Å². The number of pyridine rings is 1. The van der Waals surface area contributed by atoms with Crippen LogP contribution in [0.25, 0.3) is 10.8 Å². The number of aliphatic hydroxyl groups excluding tert-OH is 1. The van der Waals surface area contributed by atoms with Gasteiger partial charge in [0.05, 0.1) is 11.1 Å². The number of aliphatic hydroxyl groups is 2. The van der Waals surface area contributed by atoms with Crippen molar-refractivity contribution in [2.45, 2.75) is 18.8 Å². The van der Waals surface area contributed by atoms with Gasteiger partial charge in [-0.05, 0) is 24.1 Å². The molecule has 0 aliphatic rings. The van der Waals surface area contributed by atoms with E-state index in [0.717, 1.165) is 5.56 Å². The fourth-order valence-corrected chi connectivity index (χ4v) is 3.11. The first-order valence-electron chi connectivity index (χ1n) is 8.74. The van der Waals surface area contributed by atoms with E-state index in [1.54, 1.807) is 18.2 Å². The molecule has 0 aliphatic carbocycles. The van der Waals surface area contributed by atoms with Crippen LogP contribution >= 0.6 is 11.6 Å². The number of fused-ring (bicyclic) bond motifs is 1. The zero-order chi connectivity index (χ0) is 21.0. The number of hydrogen-bond donors (Lipinski definition) is 5. The minimum absolute atomic E-state index is 0.178. The second kappa shape index (κ2) is 8.87. The van der Waals surface area contributed by atoms with Crippen molar-refractivity contribution in [1.82, 2.24) is 10.3 Å². The van der Waals surface area contributed by atoms with Crippen molar-refractivity contribution in [3.05, 3.63) is 70.9 Å². The lowest BCUT2D eigenvalue weighted by molar-refractivity contribution is -0.0647. The summed E-state index contributed by atoms with van der Waals surface area (Å²) in [5.74, 6) is -0.444. The summed E-state index contributed by atoms with van der Waals surface area (Å²) in [5, 5.41) is 23.5. The van der Waals surface area contributed by atoms with Crippen LogP contribution in [0, 0.1) is 0 Å². The Kier molecular flexibility index (Phi) is 6.28. The smallest absolute Gasteiger partial charge is 0.251 e. The molecule has 0 fully saturated rings. The maximum atomic E-state index is 12.7. The van der Waals surface area contributed by atoms with Gasteiger partial charge in [-0.1, -0.05) is 48.0 Å². The molecule has 9 heteroatoms. The minimum Gasteiger partial charge on any atom is -0.370 e. The number of aliphatic imine (C=N–C) groups is 1. The van der Waals surface area contributed by atoms with Crippen LogP contribution in [0.1, 0.15) is 15.9 Å². The fraction of sp³-hybridized carbons (Fsp3) is 0.150. The van der Waals surface area contributed by atoms with Crippen LogP contribution in [-0.2, 0) is 6.42 Å². The van der Waals surface area contributed by atoms with Crippen LogP contribution in [0.3, 0.4) is 0 Å². The van der Waals surface area contributed by atoms with Crippen molar-refractivity contribution < 1.29 is 15.0 Å². The molecular weight excluding hydrogens is 394 g/mol. The van der Waals surface area contributed by atoms with Crippen molar-refractivity contribution in [1.29, 1.82) is 0 Å². The van der Waals surface area contributed by atoms with E-state index in [1.807, 2.05) is 30.3 Å². The lowest BCUT2D eigenvalue weighted by Crippen LogP contribution is -2.44. The molecule has 29 heavy (non-hydrogen) atoms. The van der Waals surface area contributed by atoms with E-state index in [9.17, 15) is 15.0 Å². The molecule has 7 N–H and O–H groups in total. The molecule has 1 aromatic heterocycles. The number of nitrogens with zero attached hydrogens (tertiary/aromatic N) is 2. The SMILES string of the molecule is NC(N)=Nc1ncc(Cl)c2ccc(C(=O)NC(Cc3ccccc3)C(O)O)cc12. The highest BCUT2D eigenvalue weighted by molar-refractivity contribution is 6.35. The van der Waals surface area contributed by atoms with Crippen LogP contribution in [0.2, 0.25) is 5.02 Å². The Hall–Kier alpha value is -3.20. The third kappa shape index (κ3) is 5.00. The number of benzene rings is 2. The predicted octanol–water partition coefficient (Wildman–Crippen LogP) is 1.44. The lowest BCUT2D eigenvalue weighted by Gasteiger charge is -2.21. The Morgan fingerprint density at radius 1 is 1.14 bits per heavy atom. The van der Waals surface area contributed by atoms with E-state index in [4.69, 9.17) is 23.1 Å². The highest BCUT2D eigenvalue weighted by Gasteiger charge is 2.21. The molecule has 1 unspecified atom stereocenters. The van der Waals surface area contributed by atoms with Gasteiger partial charge in [-0.25, -0.2) is 4.98 Å². The minimum atomic E-state index is -1.73. The summed E-state index contributed by atoms with van der Waals surface area (Å²) in [6.45, 7) is 0. The molecule has 1 amide bonds. The van der Waals surface area contributed by atoms with Gasteiger partial charge in [0.2, 0.25) is 0 Å². The average molecular weight is 414 g/mol. The summed E-state index contributed by atoms with van der Waals surface area (Å²) in [7, 11) is 0. The molecule has 1 heterocycles. The molecule has 1 atom stereocenters. The molecule has 0 bridgehead atoms. The highest BCUT2D eigenvalue weighted by atomic mass is 35.5. The molecule has 0 saturated carbocycles. The zero-order valence-electron chi connectivity index (χ0n) is 15.3. The van der Waals surface area contributed by atoms with Crippen LogP contribution in [-0.4, -0.2) is 39.4 Å². The second-order valence-corrected chi connectivity index (χ2v) is 6.82. The number of guanidine groups is 1. The maximum absolute atomic E-state index is 12.7. The number of nitrogens with two attached hydrogens (primary N) is 2. The van der Waals surface area contributed by atoms with Crippen LogP contribution < -0.4 is 16.8 Å². The summed E-state index contributed by atoms with van der Waals surface area (Å²) < 4.78 is 0. The van der Waals surface area contributed by atoms with Gasteiger partial charge in [-0.2, -0.15) is 4.99 Å². The number of nitrogens with one attached hydrogen (secondary N) is 1. The largest absolute Gasteiger partial charge is 0.370 e. The Bertz CT molecular complexity index is 1050. The van der Waals surface area contributed by atoms with E-state index >= 15 is 0 Å². The molecule has 0 aliphatic heterocycles. The summed E-state index contributed by atoms with van der Waals surface area (Å²) in [6.07, 6.45) is -0.0543. The monoisotopic (exact) mass is 413 g/mol. The molecule has 0 saturated heterocycles. The number of carbonyl (C=O) groups is 1. The molecule has 0 spiro atoms.